The number of carbonyl (C=O) groups excluding carboxylic acids is 1. The van der Waals surface area contributed by atoms with Gasteiger partial charge in [0.05, 0.1) is 12.9 Å². The molecule has 0 bridgehead atoms. The smallest absolute Gasteiger partial charge is 0.360 e. The molecule has 0 aliphatic heterocycles. The summed E-state index contributed by atoms with van der Waals surface area (Å²) < 4.78 is 6.68. The maximum Gasteiger partial charge on any atom is 0.360 e. The summed E-state index contributed by atoms with van der Waals surface area (Å²) >= 11 is 0. The number of imidazole rings is 1. The van der Waals surface area contributed by atoms with Gasteiger partial charge in [-0.05, 0) is 20.3 Å². The first kappa shape index (κ1) is 12.5. The van der Waals surface area contributed by atoms with E-state index in [0.29, 0.717) is 12.4 Å². The van der Waals surface area contributed by atoms with E-state index in [4.69, 9.17) is 10.5 Å². The summed E-state index contributed by atoms with van der Waals surface area (Å²) in [4.78, 5) is 15.5. The van der Waals surface area contributed by atoms with Gasteiger partial charge in [-0.15, -0.1) is 0 Å². The highest BCUT2D eigenvalue weighted by atomic mass is 16.5. The highest BCUT2D eigenvalue weighted by molar-refractivity contribution is 5.92. The van der Waals surface area contributed by atoms with Gasteiger partial charge in [-0.3, -0.25) is 0 Å². The zero-order chi connectivity index (χ0) is 12.1. The van der Waals surface area contributed by atoms with Gasteiger partial charge in [0.25, 0.3) is 0 Å². The molecule has 0 fully saturated rings. The summed E-state index contributed by atoms with van der Waals surface area (Å²) in [6.07, 6.45) is 3.66. The Labute approximate surface area is 95.6 Å². The fourth-order valence-corrected chi connectivity index (χ4v) is 1.64. The molecule has 16 heavy (non-hydrogen) atoms. The Bertz CT molecular complexity index is 360. The van der Waals surface area contributed by atoms with Crippen LogP contribution in [0.25, 0.3) is 0 Å². The largest absolute Gasteiger partial charge is 0.461 e. The number of aromatic nitrogens is 2. The third-order valence-electron chi connectivity index (χ3n) is 2.48. The van der Waals surface area contributed by atoms with Crippen LogP contribution in [0.2, 0.25) is 0 Å². The number of nitrogen functional groups attached to an aromatic ring is 1. The molecule has 1 rings (SSSR count). The summed E-state index contributed by atoms with van der Waals surface area (Å²) in [5, 5.41) is 0. The lowest BCUT2D eigenvalue weighted by Gasteiger charge is -2.13. The second kappa shape index (κ2) is 5.53. The molecule has 0 aliphatic rings. The van der Waals surface area contributed by atoms with Crippen molar-refractivity contribution in [1.82, 2.24) is 9.55 Å². The highest BCUT2D eigenvalue weighted by Gasteiger charge is 2.18. The number of nitrogens with two attached hydrogens (primary N) is 1. The summed E-state index contributed by atoms with van der Waals surface area (Å²) in [6, 6.07) is 0.251. The summed E-state index contributed by atoms with van der Waals surface area (Å²) in [6.45, 7) is 6.24. The third kappa shape index (κ3) is 2.53. The number of rotatable bonds is 5. The minimum Gasteiger partial charge on any atom is -0.461 e. The monoisotopic (exact) mass is 225 g/mol. The standard InChI is InChI=1S/C11H19N3O2/c1-4-6-8(3)14-7-13-9(10(14)12)11(15)16-5-2/h7-8H,4-6,12H2,1-3H3. The highest BCUT2D eigenvalue weighted by Crippen LogP contribution is 2.20. The van der Waals surface area contributed by atoms with E-state index in [9.17, 15) is 4.79 Å². The molecule has 2 N–H and O–H groups in total. The van der Waals surface area contributed by atoms with Crippen LogP contribution >= 0.6 is 0 Å². The van der Waals surface area contributed by atoms with Crippen LogP contribution in [0.3, 0.4) is 0 Å². The number of esters is 1. The number of hydrogen-bond donors (Lipinski definition) is 1. The van der Waals surface area contributed by atoms with Gasteiger partial charge >= 0.3 is 5.97 Å². The van der Waals surface area contributed by atoms with E-state index in [0.717, 1.165) is 12.8 Å². The van der Waals surface area contributed by atoms with Crippen molar-refractivity contribution in [2.45, 2.75) is 39.7 Å². The maximum atomic E-state index is 11.5. The van der Waals surface area contributed by atoms with Crippen molar-refractivity contribution < 1.29 is 9.53 Å². The minimum atomic E-state index is -0.456. The fraction of sp³-hybridized carbons (Fsp3) is 0.636. The molecule has 1 aromatic rings. The second-order valence-corrected chi connectivity index (χ2v) is 3.74. The van der Waals surface area contributed by atoms with Gasteiger partial charge in [0.2, 0.25) is 0 Å². The summed E-state index contributed by atoms with van der Waals surface area (Å²) in [7, 11) is 0. The molecule has 90 valence electrons. The SMILES string of the molecule is CCCC(C)n1cnc(C(=O)OCC)c1N. The van der Waals surface area contributed by atoms with Crippen molar-refractivity contribution in [3.05, 3.63) is 12.0 Å². The molecular weight excluding hydrogens is 206 g/mol. The number of anilines is 1. The predicted octanol–water partition coefficient (Wildman–Crippen LogP) is 2.00. The summed E-state index contributed by atoms with van der Waals surface area (Å²) in [5.74, 6) is -0.0677. The van der Waals surface area contributed by atoms with Gasteiger partial charge in [-0.1, -0.05) is 13.3 Å². The normalized spacial score (nSPS) is 12.4. The van der Waals surface area contributed by atoms with Crippen LogP contribution in [0.15, 0.2) is 6.33 Å². The Hall–Kier alpha value is -1.52. The third-order valence-corrected chi connectivity index (χ3v) is 2.48. The van der Waals surface area contributed by atoms with Crippen LogP contribution < -0.4 is 5.73 Å². The van der Waals surface area contributed by atoms with E-state index in [1.807, 2.05) is 4.57 Å². The first-order valence-corrected chi connectivity index (χ1v) is 5.61. The molecule has 1 heterocycles. The van der Waals surface area contributed by atoms with Crippen LogP contribution in [0.1, 0.15) is 50.1 Å². The maximum absolute atomic E-state index is 11.5. The molecule has 1 atom stereocenters. The molecule has 0 radical (unpaired) electrons. The first-order valence-electron chi connectivity index (χ1n) is 5.61. The lowest BCUT2D eigenvalue weighted by molar-refractivity contribution is 0.0521. The number of nitrogens with zero attached hydrogens (tertiary/aromatic N) is 2. The van der Waals surface area contributed by atoms with Gasteiger partial charge in [-0.25, -0.2) is 9.78 Å². The zero-order valence-corrected chi connectivity index (χ0v) is 10.1. The fourth-order valence-electron chi connectivity index (χ4n) is 1.64. The van der Waals surface area contributed by atoms with E-state index in [2.05, 4.69) is 18.8 Å². The molecule has 5 heteroatoms. The van der Waals surface area contributed by atoms with Crippen LogP contribution in [0.4, 0.5) is 5.82 Å². The van der Waals surface area contributed by atoms with Crippen LogP contribution in [-0.4, -0.2) is 22.1 Å². The van der Waals surface area contributed by atoms with Crippen LogP contribution in [-0.2, 0) is 4.74 Å². The summed E-state index contributed by atoms with van der Waals surface area (Å²) in [5.41, 5.74) is 6.08. The van der Waals surface area contributed by atoms with Crippen molar-refractivity contribution in [3.63, 3.8) is 0 Å². The molecule has 1 aromatic heterocycles. The molecule has 0 aliphatic carbocycles. The Kier molecular flexibility index (Phi) is 4.34. The van der Waals surface area contributed by atoms with E-state index < -0.39 is 5.97 Å². The van der Waals surface area contributed by atoms with Gasteiger partial charge in [0.1, 0.15) is 5.82 Å². The van der Waals surface area contributed by atoms with Crippen LogP contribution in [0, 0.1) is 0 Å². The lowest BCUT2D eigenvalue weighted by Crippen LogP contribution is -2.12. The van der Waals surface area contributed by atoms with Crippen LogP contribution in [0.5, 0.6) is 0 Å². The molecule has 1 unspecified atom stereocenters. The molecule has 0 saturated heterocycles. The first-order chi connectivity index (χ1) is 7.61. The Balaban J connectivity index is 2.87. The van der Waals surface area contributed by atoms with Gasteiger partial charge < -0.3 is 15.0 Å². The van der Waals surface area contributed by atoms with E-state index in [1.165, 1.54) is 0 Å². The average Bonchev–Trinajstić information content (AvgIpc) is 2.61. The number of carbonyl (C=O) groups is 1. The van der Waals surface area contributed by atoms with Crippen molar-refractivity contribution in [1.29, 1.82) is 0 Å². The average molecular weight is 225 g/mol. The predicted molar refractivity (Wildman–Crippen MR) is 62.2 cm³/mol. The topological polar surface area (TPSA) is 70.1 Å². The van der Waals surface area contributed by atoms with Gasteiger partial charge in [-0.2, -0.15) is 0 Å². The van der Waals surface area contributed by atoms with E-state index >= 15 is 0 Å². The van der Waals surface area contributed by atoms with Gasteiger partial charge in [0.15, 0.2) is 5.69 Å². The van der Waals surface area contributed by atoms with E-state index in [-0.39, 0.29) is 11.7 Å². The molecule has 0 amide bonds. The van der Waals surface area contributed by atoms with E-state index in [1.54, 1.807) is 13.3 Å². The molecule has 5 nitrogen and oxygen atoms in total. The van der Waals surface area contributed by atoms with Crippen molar-refractivity contribution in [2.75, 3.05) is 12.3 Å². The number of hydrogen-bond acceptors (Lipinski definition) is 4. The Morgan fingerprint density at radius 2 is 2.31 bits per heavy atom. The van der Waals surface area contributed by atoms with Crippen molar-refractivity contribution in [3.8, 4) is 0 Å². The quantitative estimate of drug-likeness (QED) is 0.778. The molecule has 0 aromatic carbocycles. The van der Waals surface area contributed by atoms with Crippen molar-refractivity contribution in [2.24, 2.45) is 0 Å². The Morgan fingerprint density at radius 3 is 2.88 bits per heavy atom. The second-order valence-electron chi connectivity index (χ2n) is 3.74. The number of ether oxygens (including phenoxy) is 1. The Morgan fingerprint density at radius 1 is 1.62 bits per heavy atom. The molecule has 0 spiro atoms. The zero-order valence-electron chi connectivity index (χ0n) is 10.1. The molecule has 0 saturated carbocycles. The molecular formula is C11H19N3O2. The minimum absolute atomic E-state index is 0.213. The van der Waals surface area contributed by atoms with Crippen molar-refractivity contribution >= 4 is 11.8 Å². The van der Waals surface area contributed by atoms with Gasteiger partial charge in [0, 0.05) is 6.04 Å². The lowest BCUT2D eigenvalue weighted by atomic mass is 10.2.